The monoisotopic (exact) mass is 408 g/mol. The van der Waals surface area contributed by atoms with Crippen molar-refractivity contribution in [3.63, 3.8) is 0 Å². The summed E-state index contributed by atoms with van der Waals surface area (Å²) in [5, 5.41) is 6.02. The van der Waals surface area contributed by atoms with Crippen molar-refractivity contribution in [2.24, 2.45) is 0 Å². The first-order valence-electron chi connectivity index (χ1n) is 8.37. The number of thiazole rings is 1. The molecule has 27 heavy (non-hydrogen) atoms. The summed E-state index contributed by atoms with van der Waals surface area (Å²) in [5.41, 5.74) is 1.01. The predicted octanol–water partition coefficient (Wildman–Crippen LogP) is 5.70. The lowest BCUT2D eigenvalue weighted by Crippen LogP contribution is -2.32. The predicted molar refractivity (Wildman–Crippen MR) is 99.8 cm³/mol. The summed E-state index contributed by atoms with van der Waals surface area (Å²) in [4.78, 5) is 19.1. The molecule has 2 heterocycles. The van der Waals surface area contributed by atoms with Crippen molar-refractivity contribution in [1.29, 1.82) is 0 Å². The van der Waals surface area contributed by atoms with Gasteiger partial charge in [0, 0.05) is 23.5 Å². The summed E-state index contributed by atoms with van der Waals surface area (Å²) in [6.07, 6.45) is -2.46. The van der Waals surface area contributed by atoms with Crippen LogP contribution in [0, 0.1) is 0 Å². The second kappa shape index (κ2) is 7.09. The van der Waals surface area contributed by atoms with Crippen LogP contribution in [0.5, 0.6) is 0 Å². The Labute approximate surface area is 162 Å². The molecule has 8 heteroatoms. The fourth-order valence-corrected chi connectivity index (χ4v) is 4.26. The molecular weight excluding hydrogens is 393 g/mol. The van der Waals surface area contributed by atoms with Gasteiger partial charge in [0.15, 0.2) is 0 Å². The fraction of sp³-hybridized carbons (Fsp3) is 0.263. The Morgan fingerprint density at radius 3 is 2.70 bits per heavy atom. The molecule has 0 aliphatic heterocycles. The second-order valence-electron chi connectivity index (χ2n) is 6.41. The molecule has 1 aliphatic carbocycles. The number of nitrogens with zero attached hydrogens (tertiary/aromatic N) is 2. The van der Waals surface area contributed by atoms with E-state index in [1.807, 2.05) is 21.7 Å². The maximum atomic E-state index is 12.9. The van der Waals surface area contributed by atoms with Crippen molar-refractivity contribution >= 4 is 28.6 Å². The van der Waals surface area contributed by atoms with E-state index in [1.54, 1.807) is 22.8 Å². The summed E-state index contributed by atoms with van der Waals surface area (Å²) in [5.74, 6) is -0.168. The molecule has 140 valence electrons. The van der Waals surface area contributed by atoms with Gasteiger partial charge >= 0.3 is 6.18 Å². The van der Waals surface area contributed by atoms with Crippen molar-refractivity contribution in [3.8, 4) is 10.6 Å². The second-order valence-corrected chi connectivity index (χ2v) is 8.05. The number of alkyl halides is 3. The third kappa shape index (κ3) is 4.06. The Bertz CT molecular complexity index is 946. The van der Waals surface area contributed by atoms with Gasteiger partial charge < -0.3 is 4.90 Å². The summed E-state index contributed by atoms with van der Waals surface area (Å²) in [7, 11) is 0. The van der Waals surface area contributed by atoms with Gasteiger partial charge in [0.2, 0.25) is 0 Å². The van der Waals surface area contributed by atoms with Crippen LogP contribution in [0.2, 0.25) is 0 Å². The van der Waals surface area contributed by atoms with Crippen LogP contribution in [0.15, 0.2) is 46.5 Å². The molecule has 0 spiro atoms. The van der Waals surface area contributed by atoms with Crippen molar-refractivity contribution < 1.29 is 18.0 Å². The molecule has 0 radical (unpaired) electrons. The lowest BCUT2D eigenvalue weighted by Gasteiger charge is -2.20. The first-order chi connectivity index (χ1) is 12.9. The van der Waals surface area contributed by atoms with E-state index >= 15 is 0 Å². The zero-order valence-corrected chi connectivity index (χ0v) is 15.7. The van der Waals surface area contributed by atoms with Gasteiger partial charge in [-0.05, 0) is 47.4 Å². The van der Waals surface area contributed by atoms with Crippen molar-refractivity contribution in [1.82, 2.24) is 9.88 Å². The summed E-state index contributed by atoms with van der Waals surface area (Å²) in [6.45, 7) is 0.531. The third-order valence-electron chi connectivity index (χ3n) is 4.34. The van der Waals surface area contributed by atoms with Crippen LogP contribution in [0.25, 0.3) is 10.6 Å². The molecule has 1 aromatic carbocycles. The number of rotatable bonds is 5. The highest BCUT2D eigenvalue weighted by Crippen LogP contribution is 2.34. The number of carbonyl (C=O) groups excluding carboxylic acids is 1. The van der Waals surface area contributed by atoms with Crippen LogP contribution in [-0.4, -0.2) is 21.8 Å². The maximum Gasteiger partial charge on any atom is 0.416 e. The molecule has 0 N–H and O–H groups in total. The average molecular weight is 408 g/mol. The molecule has 1 amide bonds. The molecule has 0 saturated heterocycles. The molecule has 1 fully saturated rings. The Hall–Kier alpha value is -2.19. The number of aromatic nitrogens is 1. The molecule has 4 rings (SSSR count). The number of benzene rings is 1. The van der Waals surface area contributed by atoms with Crippen molar-refractivity contribution in [3.05, 3.63) is 63.3 Å². The number of hydrogen-bond donors (Lipinski definition) is 0. The van der Waals surface area contributed by atoms with E-state index in [0.29, 0.717) is 17.1 Å². The molecule has 0 atom stereocenters. The van der Waals surface area contributed by atoms with Gasteiger partial charge in [0.05, 0.1) is 5.56 Å². The highest BCUT2D eigenvalue weighted by atomic mass is 32.1. The van der Waals surface area contributed by atoms with E-state index in [9.17, 15) is 18.0 Å². The smallest absolute Gasteiger partial charge is 0.330 e. The molecule has 0 unspecified atom stereocenters. The van der Waals surface area contributed by atoms with Crippen molar-refractivity contribution in [2.45, 2.75) is 31.6 Å². The number of hydrogen-bond acceptors (Lipinski definition) is 4. The van der Waals surface area contributed by atoms with Gasteiger partial charge in [-0.15, -0.1) is 11.3 Å². The Kier molecular flexibility index (Phi) is 4.77. The molecular formula is C19H15F3N2OS2. The first-order valence-corrected chi connectivity index (χ1v) is 10.2. The van der Waals surface area contributed by atoms with Gasteiger partial charge in [-0.3, -0.25) is 4.79 Å². The van der Waals surface area contributed by atoms with Crippen molar-refractivity contribution in [2.75, 3.05) is 0 Å². The van der Waals surface area contributed by atoms with Crippen LogP contribution >= 0.6 is 22.7 Å². The molecule has 2 aromatic heterocycles. The average Bonchev–Trinajstić information content (AvgIpc) is 3.15. The van der Waals surface area contributed by atoms with Crippen LogP contribution in [0.4, 0.5) is 13.2 Å². The minimum absolute atomic E-state index is 0.168. The first kappa shape index (κ1) is 18.2. The van der Waals surface area contributed by atoms with Gasteiger partial charge in [0.25, 0.3) is 5.91 Å². The van der Waals surface area contributed by atoms with E-state index in [4.69, 9.17) is 0 Å². The summed E-state index contributed by atoms with van der Waals surface area (Å²) < 4.78 is 38.8. The highest BCUT2D eigenvalue weighted by molar-refractivity contribution is 7.13. The standard InChI is InChI=1S/C19H15F3N2OS2/c20-19(21,22)14-3-1-2-13(8-14)17-23-16(11-27-17)18(25)24(15-4-5-15)9-12-6-7-26-10-12/h1-3,6-8,10-11,15H,4-5,9H2. The Morgan fingerprint density at radius 2 is 2.04 bits per heavy atom. The minimum Gasteiger partial charge on any atom is -0.330 e. The lowest BCUT2D eigenvalue weighted by atomic mass is 10.1. The van der Waals surface area contributed by atoms with Gasteiger partial charge in [-0.1, -0.05) is 12.1 Å². The zero-order valence-electron chi connectivity index (χ0n) is 14.1. The van der Waals surface area contributed by atoms with Gasteiger partial charge in [-0.25, -0.2) is 4.98 Å². The molecule has 3 aromatic rings. The molecule has 3 nitrogen and oxygen atoms in total. The van der Waals surface area contributed by atoms with Crippen LogP contribution in [0.3, 0.4) is 0 Å². The fourth-order valence-electron chi connectivity index (χ4n) is 2.81. The number of halogens is 3. The molecule has 1 aliphatic rings. The minimum atomic E-state index is -4.41. The third-order valence-corrected chi connectivity index (χ3v) is 5.97. The van der Waals surface area contributed by atoms with Crippen LogP contribution in [-0.2, 0) is 12.7 Å². The summed E-state index contributed by atoms with van der Waals surface area (Å²) in [6, 6.07) is 7.23. The van der Waals surface area contributed by atoms with E-state index in [0.717, 1.165) is 30.5 Å². The maximum absolute atomic E-state index is 12.9. The zero-order chi connectivity index (χ0) is 19.0. The van der Waals surface area contributed by atoms with Gasteiger partial charge in [-0.2, -0.15) is 24.5 Å². The van der Waals surface area contributed by atoms with E-state index in [2.05, 4.69) is 4.98 Å². The quantitative estimate of drug-likeness (QED) is 0.543. The van der Waals surface area contributed by atoms with Crippen LogP contribution in [0.1, 0.15) is 34.5 Å². The van der Waals surface area contributed by atoms with Gasteiger partial charge in [0.1, 0.15) is 10.7 Å². The normalized spacial score (nSPS) is 14.3. The number of amides is 1. The van der Waals surface area contributed by atoms with Crippen LogP contribution < -0.4 is 0 Å². The number of carbonyl (C=O) groups is 1. The molecule has 0 bridgehead atoms. The Balaban J connectivity index is 1.57. The SMILES string of the molecule is O=C(c1csc(-c2cccc(C(F)(F)F)c2)n1)N(Cc1ccsc1)C1CC1. The summed E-state index contributed by atoms with van der Waals surface area (Å²) >= 11 is 2.77. The lowest BCUT2D eigenvalue weighted by molar-refractivity contribution is -0.137. The largest absolute Gasteiger partial charge is 0.416 e. The highest BCUT2D eigenvalue weighted by Gasteiger charge is 2.34. The molecule has 1 saturated carbocycles. The van der Waals surface area contributed by atoms with E-state index in [1.165, 1.54) is 17.4 Å². The Morgan fingerprint density at radius 1 is 1.22 bits per heavy atom. The number of thiophene rings is 1. The van der Waals surface area contributed by atoms with E-state index in [-0.39, 0.29) is 17.6 Å². The topological polar surface area (TPSA) is 33.2 Å². The van der Waals surface area contributed by atoms with E-state index < -0.39 is 11.7 Å².